The van der Waals surface area contributed by atoms with Crippen molar-refractivity contribution < 1.29 is 0 Å². The zero-order valence-corrected chi connectivity index (χ0v) is 12.1. The first-order valence-electron chi connectivity index (χ1n) is 7.70. The number of hydrogen-bond donors (Lipinski definition) is 1. The summed E-state index contributed by atoms with van der Waals surface area (Å²) in [4.78, 5) is 2.49. The minimum absolute atomic E-state index is 0.431. The minimum atomic E-state index is 0.431. The molecule has 0 aromatic carbocycles. The average molecular weight is 240 g/mol. The van der Waals surface area contributed by atoms with E-state index in [0.29, 0.717) is 6.04 Å². The highest BCUT2D eigenvalue weighted by Gasteiger charge is 2.28. The number of nitrogens with zero attached hydrogens (tertiary/aromatic N) is 1. The highest BCUT2D eigenvalue weighted by molar-refractivity contribution is 4.83. The van der Waals surface area contributed by atoms with Gasteiger partial charge in [-0.3, -0.25) is 0 Å². The predicted octanol–water partition coefficient (Wildman–Crippen LogP) is 3.26. The summed E-state index contributed by atoms with van der Waals surface area (Å²) in [6.45, 7) is 10.3. The molecule has 1 aliphatic rings. The van der Waals surface area contributed by atoms with Crippen LogP contribution >= 0.6 is 0 Å². The van der Waals surface area contributed by atoms with Crippen LogP contribution in [0.3, 0.4) is 0 Å². The third-order valence-electron chi connectivity index (χ3n) is 4.72. The second-order valence-electron chi connectivity index (χ2n) is 5.60. The molecule has 0 heterocycles. The molecule has 2 N–H and O–H groups in total. The molecule has 1 saturated carbocycles. The summed E-state index contributed by atoms with van der Waals surface area (Å²) in [5.74, 6) is 1.69. The Labute approximate surface area is 108 Å². The summed E-state index contributed by atoms with van der Waals surface area (Å²) in [7, 11) is 0. The van der Waals surface area contributed by atoms with Crippen molar-refractivity contribution in [3.8, 4) is 0 Å². The summed E-state index contributed by atoms with van der Waals surface area (Å²) in [6.07, 6.45) is 8.13. The fourth-order valence-corrected chi connectivity index (χ4v) is 3.39. The fourth-order valence-electron chi connectivity index (χ4n) is 3.39. The van der Waals surface area contributed by atoms with Crippen molar-refractivity contribution in [1.29, 1.82) is 0 Å². The molecule has 1 rings (SSSR count). The summed E-state index contributed by atoms with van der Waals surface area (Å²) >= 11 is 0. The van der Waals surface area contributed by atoms with Crippen LogP contribution in [0.15, 0.2) is 0 Å². The van der Waals surface area contributed by atoms with Gasteiger partial charge in [0, 0.05) is 6.04 Å². The molecule has 2 nitrogen and oxygen atoms in total. The van der Waals surface area contributed by atoms with Crippen molar-refractivity contribution in [3.05, 3.63) is 0 Å². The van der Waals surface area contributed by atoms with Crippen molar-refractivity contribution in [2.24, 2.45) is 17.6 Å². The Morgan fingerprint density at radius 3 is 2.35 bits per heavy atom. The first-order chi connectivity index (χ1) is 8.22. The summed E-state index contributed by atoms with van der Waals surface area (Å²) in [5, 5.41) is 0. The molecule has 0 bridgehead atoms. The Morgan fingerprint density at radius 1 is 1.12 bits per heavy atom. The number of nitrogens with two attached hydrogens (primary N) is 1. The van der Waals surface area contributed by atoms with Crippen LogP contribution in [0.5, 0.6) is 0 Å². The summed E-state index contributed by atoms with van der Waals surface area (Å²) in [5.41, 5.74) is 6.45. The molecular formula is C15H32N2. The maximum Gasteiger partial charge on any atom is 0.00819 e. The van der Waals surface area contributed by atoms with Gasteiger partial charge in [0.2, 0.25) is 0 Å². The quantitative estimate of drug-likeness (QED) is 0.740. The van der Waals surface area contributed by atoms with Gasteiger partial charge in [-0.2, -0.15) is 0 Å². The van der Waals surface area contributed by atoms with Crippen LogP contribution in [-0.2, 0) is 0 Å². The van der Waals surface area contributed by atoms with E-state index in [9.17, 15) is 0 Å². The molecule has 3 unspecified atom stereocenters. The second kappa shape index (κ2) is 8.10. The molecule has 17 heavy (non-hydrogen) atoms. The maximum absolute atomic E-state index is 6.45. The van der Waals surface area contributed by atoms with Gasteiger partial charge in [0.25, 0.3) is 0 Å². The van der Waals surface area contributed by atoms with E-state index in [-0.39, 0.29) is 0 Å². The third-order valence-corrected chi connectivity index (χ3v) is 4.72. The van der Waals surface area contributed by atoms with Crippen LogP contribution in [0.25, 0.3) is 0 Å². The molecule has 0 saturated heterocycles. The normalized spacial score (nSPS) is 27.4. The smallest absolute Gasteiger partial charge is 0.00819 e. The largest absolute Gasteiger partial charge is 0.327 e. The zero-order chi connectivity index (χ0) is 12.7. The Bertz CT molecular complexity index is 189. The van der Waals surface area contributed by atoms with Gasteiger partial charge in [-0.25, -0.2) is 0 Å². The topological polar surface area (TPSA) is 29.3 Å². The van der Waals surface area contributed by atoms with Crippen molar-refractivity contribution in [1.82, 2.24) is 4.90 Å². The summed E-state index contributed by atoms with van der Waals surface area (Å²) in [6, 6.07) is 0.431. The predicted molar refractivity (Wildman–Crippen MR) is 76.1 cm³/mol. The Hall–Kier alpha value is -0.0800. The van der Waals surface area contributed by atoms with Gasteiger partial charge in [-0.1, -0.05) is 46.5 Å². The molecule has 0 amide bonds. The van der Waals surface area contributed by atoms with E-state index < -0.39 is 0 Å². The number of rotatable bonds is 7. The Balaban J connectivity index is 2.36. The van der Waals surface area contributed by atoms with Gasteiger partial charge >= 0.3 is 0 Å². The summed E-state index contributed by atoms with van der Waals surface area (Å²) < 4.78 is 0. The lowest BCUT2D eigenvalue weighted by atomic mass is 9.73. The van der Waals surface area contributed by atoms with Crippen LogP contribution in [0.4, 0.5) is 0 Å². The van der Waals surface area contributed by atoms with Crippen LogP contribution in [0.1, 0.15) is 59.3 Å². The van der Waals surface area contributed by atoms with E-state index in [1.54, 1.807) is 0 Å². The maximum atomic E-state index is 6.45. The van der Waals surface area contributed by atoms with E-state index in [1.807, 2.05) is 0 Å². The lowest BCUT2D eigenvalue weighted by molar-refractivity contribution is 0.177. The molecule has 0 spiro atoms. The fraction of sp³-hybridized carbons (Fsp3) is 1.00. The first-order valence-corrected chi connectivity index (χ1v) is 7.70. The molecule has 2 heteroatoms. The standard InChI is InChI=1S/C15H32N2/c1-4-13-9-7-8-10-14(13)15(16)11-12-17(5-2)6-3/h13-15H,4-12,16H2,1-3H3. The monoisotopic (exact) mass is 240 g/mol. The van der Waals surface area contributed by atoms with Gasteiger partial charge in [-0.15, -0.1) is 0 Å². The van der Waals surface area contributed by atoms with Gasteiger partial charge in [0.15, 0.2) is 0 Å². The SMILES string of the molecule is CCC1CCCCC1C(N)CCN(CC)CC. The molecule has 0 aromatic rings. The lowest BCUT2D eigenvalue weighted by Gasteiger charge is -2.35. The van der Waals surface area contributed by atoms with Crippen molar-refractivity contribution in [2.75, 3.05) is 19.6 Å². The first kappa shape index (κ1) is 15.0. The van der Waals surface area contributed by atoms with Crippen LogP contribution in [-0.4, -0.2) is 30.6 Å². The van der Waals surface area contributed by atoms with Crippen molar-refractivity contribution in [2.45, 2.75) is 65.3 Å². The molecule has 0 radical (unpaired) electrons. The van der Waals surface area contributed by atoms with Gasteiger partial charge in [-0.05, 0) is 44.3 Å². The second-order valence-corrected chi connectivity index (χ2v) is 5.60. The minimum Gasteiger partial charge on any atom is -0.327 e. The average Bonchev–Trinajstić information content (AvgIpc) is 2.39. The Kier molecular flexibility index (Phi) is 7.14. The van der Waals surface area contributed by atoms with E-state index >= 15 is 0 Å². The van der Waals surface area contributed by atoms with Crippen LogP contribution in [0.2, 0.25) is 0 Å². The molecule has 3 atom stereocenters. The van der Waals surface area contributed by atoms with Crippen molar-refractivity contribution in [3.63, 3.8) is 0 Å². The lowest BCUT2D eigenvalue weighted by Crippen LogP contribution is -2.39. The number of hydrogen-bond acceptors (Lipinski definition) is 2. The van der Waals surface area contributed by atoms with Gasteiger partial charge < -0.3 is 10.6 Å². The van der Waals surface area contributed by atoms with Crippen molar-refractivity contribution >= 4 is 0 Å². The third kappa shape index (κ3) is 4.59. The molecule has 0 aromatic heterocycles. The van der Waals surface area contributed by atoms with E-state index in [2.05, 4.69) is 25.7 Å². The van der Waals surface area contributed by atoms with Crippen LogP contribution < -0.4 is 5.73 Å². The van der Waals surface area contributed by atoms with E-state index in [1.165, 1.54) is 45.1 Å². The highest BCUT2D eigenvalue weighted by Crippen LogP contribution is 2.34. The molecule has 1 aliphatic carbocycles. The molecular weight excluding hydrogens is 208 g/mol. The van der Waals surface area contributed by atoms with E-state index in [0.717, 1.165) is 24.9 Å². The molecule has 0 aliphatic heterocycles. The van der Waals surface area contributed by atoms with Gasteiger partial charge in [0.1, 0.15) is 0 Å². The molecule has 1 fully saturated rings. The Morgan fingerprint density at radius 2 is 1.76 bits per heavy atom. The molecule has 102 valence electrons. The van der Waals surface area contributed by atoms with Gasteiger partial charge in [0.05, 0.1) is 0 Å². The highest BCUT2D eigenvalue weighted by atomic mass is 15.1. The zero-order valence-electron chi connectivity index (χ0n) is 12.1. The van der Waals surface area contributed by atoms with E-state index in [4.69, 9.17) is 5.73 Å². The van der Waals surface area contributed by atoms with Crippen LogP contribution in [0, 0.1) is 11.8 Å².